The fraction of sp³-hybridized carbons (Fsp3) is 0.545. The average Bonchev–Trinajstić information content (AvgIpc) is 2.14. The van der Waals surface area contributed by atoms with Gasteiger partial charge in [-0.3, -0.25) is 9.79 Å². The van der Waals surface area contributed by atoms with Crippen LogP contribution in [0.15, 0.2) is 21.8 Å². The second-order valence-corrected chi connectivity index (χ2v) is 3.54. The van der Waals surface area contributed by atoms with Gasteiger partial charge in [0, 0.05) is 18.5 Å². The van der Waals surface area contributed by atoms with Gasteiger partial charge < -0.3 is 0 Å². The van der Waals surface area contributed by atoms with Crippen molar-refractivity contribution in [1.82, 2.24) is 0 Å². The summed E-state index contributed by atoms with van der Waals surface area (Å²) in [5.74, 6) is 0.421. The highest BCUT2D eigenvalue weighted by Gasteiger charge is 2.06. The van der Waals surface area contributed by atoms with Gasteiger partial charge in [0.1, 0.15) is 12.1 Å². The first-order valence-electron chi connectivity index (χ1n) is 4.73. The molecule has 0 unspecified atom stereocenters. The van der Waals surface area contributed by atoms with E-state index >= 15 is 0 Å². The van der Waals surface area contributed by atoms with Gasteiger partial charge in [0.05, 0.1) is 0 Å². The summed E-state index contributed by atoms with van der Waals surface area (Å²) in [4.78, 5) is 18.6. The van der Waals surface area contributed by atoms with Crippen LogP contribution in [0.2, 0.25) is 0 Å². The Labute approximate surface area is 85.7 Å². The first-order valence-corrected chi connectivity index (χ1v) is 4.73. The number of allylic oxidation sites excluding steroid dienone is 1. The maximum atomic E-state index is 11.3. The van der Waals surface area contributed by atoms with E-state index in [9.17, 15) is 4.79 Å². The molecular weight excluding hydrogens is 176 g/mol. The Hall–Kier alpha value is -1.25. The Morgan fingerprint density at radius 2 is 2.07 bits per heavy atom. The minimum Gasteiger partial charge on any atom is -0.299 e. The number of hydrogen-bond acceptors (Lipinski definition) is 2. The van der Waals surface area contributed by atoms with Crippen LogP contribution in [0.25, 0.3) is 0 Å². The fourth-order valence-electron chi connectivity index (χ4n) is 0.881. The highest BCUT2D eigenvalue weighted by Crippen LogP contribution is 2.08. The Kier molecular flexibility index (Phi) is 6.54. The van der Waals surface area contributed by atoms with Crippen molar-refractivity contribution in [2.75, 3.05) is 0 Å². The number of hydrogen-bond donors (Lipinski definition) is 0. The zero-order valence-corrected chi connectivity index (χ0v) is 9.16. The zero-order chi connectivity index (χ0) is 11.0. The van der Waals surface area contributed by atoms with E-state index in [4.69, 9.17) is 0 Å². The van der Waals surface area contributed by atoms with E-state index in [-0.39, 0.29) is 5.92 Å². The van der Waals surface area contributed by atoms with Gasteiger partial charge in [0.15, 0.2) is 0 Å². The van der Waals surface area contributed by atoms with Crippen molar-refractivity contribution in [1.29, 1.82) is 0 Å². The Bertz CT molecular complexity index is 252. The summed E-state index contributed by atoms with van der Waals surface area (Å²) in [5, 5.41) is 0. The minimum atomic E-state index is 0.126. The molecule has 0 bridgehead atoms. The molecule has 78 valence electrons. The largest absolute Gasteiger partial charge is 0.299 e. The highest BCUT2D eigenvalue weighted by molar-refractivity contribution is 5.80. The second-order valence-electron chi connectivity index (χ2n) is 3.54. The van der Waals surface area contributed by atoms with Crippen molar-refractivity contribution in [3.63, 3.8) is 0 Å². The second kappa shape index (κ2) is 7.18. The third-order valence-electron chi connectivity index (χ3n) is 1.85. The van der Waals surface area contributed by atoms with E-state index in [1.54, 1.807) is 6.20 Å². The molecule has 0 saturated heterocycles. The number of ketones is 1. The van der Waals surface area contributed by atoms with Crippen LogP contribution < -0.4 is 0 Å². The van der Waals surface area contributed by atoms with Gasteiger partial charge in [0.25, 0.3) is 0 Å². The molecule has 0 saturated carbocycles. The number of nitrogens with zero attached hydrogens (tertiary/aromatic N) is 2. The molecule has 0 spiro atoms. The van der Waals surface area contributed by atoms with Crippen molar-refractivity contribution in [2.45, 2.75) is 33.6 Å². The lowest BCUT2D eigenvalue weighted by Crippen LogP contribution is -2.06. The maximum absolute atomic E-state index is 11.3. The molecule has 0 aliphatic rings. The summed E-state index contributed by atoms with van der Waals surface area (Å²) in [5.41, 5.74) is 1.08. The monoisotopic (exact) mass is 194 g/mol. The van der Waals surface area contributed by atoms with Crippen molar-refractivity contribution in [3.8, 4) is 0 Å². The van der Waals surface area contributed by atoms with Crippen LogP contribution in [-0.4, -0.2) is 18.8 Å². The van der Waals surface area contributed by atoms with Gasteiger partial charge in [-0.25, -0.2) is 4.99 Å². The van der Waals surface area contributed by atoms with Gasteiger partial charge in [-0.1, -0.05) is 19.4 Å². The lowest BCUT2D eigenvalue weighted by molar-refractivity contribution is -0.121. The molecule has 0 atom stereocenters. The number of Topliss-reactive ketones (excluding diaryl/α,β-unsaturated/α-hetero) is 1. The summed E-state index contributed by atoms with van der Waals surface area (Å²) in [7, 11) is 0. The smallest absolute Gasteiger partial charge is 0.135 e. The number of carbonyl (C=O) groups excluding carboxylic acids is 1. The highest BCUT2D eigenvalue weighted by atomic mass is 16.1. The normalized spacial score (nSPS) is 12.4. The molecule has 0 amide bonds. The third-order valence-corrected chi connectivity index (χ3v) is 1.85. The van der Waals surface area contributed by atoms with Crippen molar-refractivity contribution in [3.05, 3.63) is 11.8 Å². The van der Waals surface area contributed by atoms with Crippen LogP contribution in [0.5, 0.6) is 0 Å². The molecule has 0 aliphatic heterocycles. The number of rotatable bonds is 6. The minimum absolute atomic E-state index is 0.126. The molecule has 14 heavy (non-hydrogen) atoms. The van der Waals surface area contributed by atoms with E-state index in [1.807, 2.05) is 20.8 Å². The van der Waals surface area contributed by atoms with Crippen molar-refractivity contribution >= 4 is 18.8 Å². The summed E-state index contributed by atoms with van der Waals surface area (Å²) in [6.07, 6.45) is 4.46. The van der Waals surface area contributed by atoms with E-state index in [0.717, 1.165) is 12.0 Å². The lowest BCUT2D eigenvalue weighted by Gasteiger charge is -2.02. The van der Waals surface area contributed by atoms with Crippen LogP contribution in [0.3, 0.4) is 0 Å². The first-order chi connectivity index (χ1) is 6.57. The molecule has 3 heteroatoms. The summed E-state index contributed by atoms with van der Waals surface area (Å²) in [6, 6.07) is 0. The molecule has 0 N–H and O–H groups in total. The standard InChI is InChI=1S/C11H18N2O/c1-9(2)11(14)6-5-10(3)7-13-8-12-4/h7-9H,4-6H2,1-3H3/b10-7+,13-8?. The molecule has 0 aromatic carbocycles. The van der Waals surface area contributed by atoms with Gasteiger partial charge in [-0.2, -0.15) is 0 Å². The SMILES string of the molecule is C=NC=N/C=C(\C)CCC(=O)C(C)C. The summed E-state index contributed by atoms with van der Waals surface area (Å²) >= 11 is 0. The molecule has 0 radical (unpaired) electrons. The van der Waals surface area contributed by atoms with Crippen LogP contribution >= 0.6 is 0 Å². The average molecular weight is 194 g/mol. The predicted octanol–water partition coefficient (Wildman–Crippen LogP) is 2.62. The quantitative estimate of drug-likeness (QED) is 0.473. The molecular formula is C11H18N2O. The van der Waals surface area contributed by atoms with Crippen LogP contribution in [0.1, 0.15) is 33.6 Å². The van der Waals surface area contributed by atoms with Gasteiger partial charge in [-0.05, 0) is 20.1 Å². The third kappa shape index (κ3) is 6.29. The van der Waals surface area contributed by atoms with E-state index in [2.05, 4.69) is 16.7 Å². The molecule has 0 aromatic rings. The first kappa shape index (κ1) is 12.8. The molecule has 0 aliphatic carbocycles. The predicted molar refractivity (Wildman–Crippen MR) is 60.9 cm³/mol. The van der Waals surface area contributed by atoms with Crippen molar-refractivity contribution in [2.24, 2.45) is 15.9 Å². The van der Waals surface area contributed by atoms with E-state index in [1.165, 1.54) is 6.34 Å². The Morgan fingerprint density at radius 3 is 2.57 bits per heavy atom. The van der Waals surface area contributed by atoms with Gasteiger partial charge in [0.2, 0.25) is 0 Å². The molecule has 3 nitrogen and oxygen atoms in total. The maximum Gasteiger partial charge on any atom is 0.135 e. The van der Waals surface area contributed by atoms with Crippen LogP contribution in [-0.2, 0) is 4.79 Å². The summed E-state index contributed by atoms with van der Waals surface area (Å²) < 4.78 is 0. The number of aliphatic imine (C=N–C) groups is 2. The Balaban J connectivity index is 3.89. The van der Waals surface area contributed by atoms with Crippen molar-refractivity contribution < 1.29 is 4.79 Å². The molecule has 0 fully saturated rings. The van der Waals surface area contributed by atoms with Crippen LogP contribution in [0.4, 0.5) is 0 Å². The molecule has 0 rings (SSSR count). The van der Waals surface area contributed by atoms with E-state index < -0.39 is 0 Å². The fourth-order valence-corrected chi connectivity index (χ4v) is 0.881. The van der Waals surface area contributed by atoms with Gasteiger partial charge in [-0.15, -0.1) is 0 Å². The molecule has 0 heterocycles. The lowest BCUT2D eigenvalue weighted by atomic mass is 10.0. The van der Waals surface area contributed by atoms with Gasteiger partial charge >= 0.3 is 0 Å². The number of carbonyl (C=O) groups is 1. The van der Waals surface area contributed by atoms with Crippen LogP contribution in [0, 0.1) is 5.92 Å². The zero-order valence-electron chi connectivity index (χ0n) is 9.16. The molecule has 0 aromatic heterocycles. The van der Waals surface area contributed by atoms with E-state index in [0.29, 0.717) is 12.2 Å². The summed E-state index contributed by atoms with van der Waals surface area (Å²) in [6.45, 7) is 9.06. The topological polar surface area (TPSA) is 41.8 Å². The Morgan fingerprint density at radius 1 is 1.43 bits per heavy atom.